The van der Waals surface area contributed by atoms with Crippen LogP contribution in [-0.4, -0.2) is 34.8 Å². The lowest BCUT2D eigenvalue weighted by Crippen LogP contribution is -2.53. The maximum atomic E-state index is 15.8. The number of carboxylic acid groups (broad SMARTS) is 1. The number of halogens is 2. The number of nitrogens with zero attached hydrogens (tertiary/aromatic N) is 2. The number of anilines is 1. The summed E-state index contributed by atoms with van der Waals surface area (Å²) in [6.45, 7) is 4.48. The van der Waals surface area contributed by atoms with Gasteiger partial charge in [-0.05, 0) is 37.5 Å². The molecular weight excluding hydrogens is 380 g/mol. The summed E-state index contributed by atoms with van der Waals surface area (Å²) in [6.07, 6.45) is 3.56. The van der Waals surface area contributed by atoms with Gasteiger partial charge in [-0.3, -0.25) is 4.79 Å². The summed E-state index contributed by atoms with van der Waals surface area (Å²) in [4.78, 5) is 26.0. The van der Waals surface area contributed by atoms with Gasteiger partial charge in [0.25, 0.3) is 0 Å². The van der Waals surface area contributed by atoms with Gasteiger partial charge in [-0.25, -0.2) is 13.6 Å². The van der Waals surface area contributed by atoms with Gasteiger partial charge in [0.15, 0.2) is 11.6 Å². The Balaban J connectivity index is 1.78. The van der Waals surface area contributed by atoms with Crippen LogP contribution >= 0.6 is 0 Å². The van der Waals surface area contributed by atoms with Gasteiger partial charge in [0, 0.05) is 36.9 Å². The predicted octanol–water partition coefficient (Wildman–Crippen LogP) is 2.79. The molecule has 154 valence electrons. The standard InChI is InChI=1S/C21H23F2N3O3/c1-9-14-17(26(10-3-4-10)6-11(19(14)27)20(28)29)16(23)18(15(9)22)25-7-12-13(24)5-21(12,2)8-25/h6,10,12-13H,3-5,7-8,24H2,1-2H3,(H,28,29). The Morgan fingerprint density at radius 1 is 1.31 bits per heavy atom. The van der Waals surface area contributed by atoms with E-state index in [0.717, 1.165) is 19.3 Å². The van der Waals surface area contributed by atoms with Crippen molar-refractivity contribution in [3.8, 4) is 0 Å². The Hall–Kier alpha value is -2.48. The third kappa shape index (κ3) is 2.41. The van der Waals surface area contributed by atoms with Gasteiger partial charge in [0.05, 0.1) is 10.9 Å². The number of aryl methyl sites for hydroxylation is 1. The summed E-state index contributed by atoms with van der Waals surface area (Å²) in [5.41, 5.74) is 4.60. The Morgan fingerprint density at radius 2 is 2.00 bits per heavy atom. The van der Waals surface area contributed by atoms with Crippen LogP contribution < -0.4 is 16.1 Å². The van der Waals surface area contributed by atoms with Crippen LogP contribution in [0.4, 0.5) is 14.5 Å². The highest BCUT2D eigenvalue weighted by atomic mass is 19.1. The van der Waals surface area contributed by atoms with Gasteiger partial charge >= 0.3 is 5.97 Å². The van der Waals surface area contributed by atoms with Gasteiger partial charge in [0.2, 0.25) is 5.43 Å². The molecule has 29 heavy (non-hydrogen) atoms. The molecule has 2 saturated carbocycles. The summed E-state index contributed by atoms with van der Waals surface area (Å²) in [6, 6.07) is -0.0513. The van der Waals surface area contributed by atoms with Gasteiger partial charge in [-0.15, -0.1) is 0 Å². The van der Waals surface area contributed by atoms with Crippen molar-refractivity contribution in [2.24, 2.45) is 17.1 Å². The topological polar surface area (TPSA) is 88.6 Å². The molecule has 1 saturated heterocycles. The molecule has 3 fully saturated rings. The second-order valence-electron chi connectivity index (χ2n) is 9.15. The number of carbonyl (C=O) groups is 1. The molecule has 6 nitrogen and oxygen atoms in total. The number of aromatic nitrogens is 1. The number of pyridine rings is 1. The largest absolute Gasteiger partial charge is 0.477 e. The first-order chi connectivity index (χ1) is 13.6. The highest BCUT2D eigenvalue weighted by molar-refractivity contribution is 5.95. The van der Waals surface area contributed by atoms with E-state index >= 15 is 8.78 Å². The number of rotatable bonds is 3. The summed E-state index contributed by atoms with van der Waals surface area (Å²) < 4.78 is 32.7. The molecular formula is C21H23F2N3O3. The zero-order valence-corrected chi connectivity index (χ0v) is 16.3. The zero-order valence-electron chi connectivity index (χ0n) is 16.3. The molecule has 1 aromatic carbocycles. The van der Waals surface area contributed by atoms with Crippen molar-refractivity contribution < 1.29 is 18.7 Å². The molecule has 3 aliphatic rings. The maximum absolute atomic E-state index is 15.8. The molecule has 0 spiro atoms. The second-order valence-corrected chi connectivity index (χ2v) is 9.15. The fourth-order valence-electron chi connectivity index (χ4n) is 5.41. The quantitative estimate of drug-likeness (QED) is 0.823. The van der Waals surface area contributed by atoms with Crippen molar-refractivity contribution >= 4 is 22.6 Å². The Bertz CT molecular complexity index is 1140. The van der Waals surface area contributed by atoms with E-state index < -0.39 is 28.6 Å². The van der Waals surface area contributed by atoms with E-state index in [9.17, 15) is 14.7 Å². The Morgan fingerprint density at radius 3 is 2.55 bits per heavy atom. The van der Waals surface area contributed by atoms with Gasteiger partial charge < -0.3 is 20.3 Å². The van der Waals surface area contributed by atoms with Crippen molar-refractivity contribution in [2.75, 3.05) is 18.0 Å². The molecule has 0 amide bonds. The number of nitrogens with two attached hydrogens (primary N) is 1. The minimum atomic E-state index is -1.39. The molecule has 2 aromatic rings. The number of fused-ring (bicyclic) bond motifs is 2. The fraction of sp³-hybridized carbons (Fsp3) is 0.524. The smallest absolute Gasteiger partial charge is 0.341 e. The van der Waals surface area contributed by atoms with Crippen LogP contribution in [0.3, 0.4) is 0 Å². The summed E-state index contributed by atoms with van der Waals surface area (Å²) in [5.74, 6) is -2.80. The fourth-order valence-corrected chi connectivity index (χ4v) is 5.41. The third-order valence-corrected chi connectivity index (χ3v) is 7.13. The summed E-state index contributed by atoms with van der Waals surface area (Å²) in [5, 5.41) is 9.23. The first kappa shape index (κ1) is 18.5. The zero-order chi connectivity index (χ0) is 20.8. The van der Waals surface area contributed by atoms with Crippen molar-refractivity contribution in [2.45, 2.75) is 45.2 Å². The second kappa shape index (κ2) is 5.78. The molecule has 0 bridgehead atoms. The first-order valence-corrected chi connectivity index (χ1v) is 9.94. The van der Waals surface area contributed by atoms with E-state index in [1.54, 1.807) is 4.90 Å². The average molecular weight is 403 g/mol. The molecule has 3 unspecified atom stereocenters. The van der Waals surface area contributed by atoms with E-state index in [1.807, 2.05) is 0 Å². The molecule has 1 aromatic heterocycles. The molecule has 0 radical (unpaired) electrons. The normalized spacial score (nSPS) is 28.5. The average Bonchev–Trinajstić information content (AvgIpc) is 3.44. The lowest BCUT2D eigenvalue weighted by Gasteiger charge is -2.46. The van der Waals surface area contributed by atoms with Crippen LogP contribution in [0, 0.1) is 29.9 Å². The highest BCUT2D eigenvalue weighted by Gasteiger charge is 2.55. The minimum absolute atomic E-state index is 0.00472. The maximum Gasteiger partial charge on any atom is 0.341 e. The van der Waals surface area contributed by atoms with Crippen LogP contribution in [0.5, 0.6) is 0 Å². The Kier molecular flexibility index (Phi) is 3.70. The molecule has 5 rings (SSSR count). The van der Waals surface area contributed by atoms with Crippen molar-refractivity contribution in [1.82, 2.24) is 4.57 Å². The lowest BCUT2D eigenvalue weighted by molar-refractivity contribution is 0.0694. The van der Waals surface area contributed by atoms with E-state index in [0.29, 0.717) is 13.1 Å². The monoisotopic (exact) mass is 403 g/mol. The first-order valence-electron chi connectivity index (χ1n) is 9.94. The van der Waals surface area contributed by atoms with Crippen molar-refractivity contribution in [1.29, 1.82) is 0 Å². The number of carboxylic acids is 1. The van der Waals surface area contributed by atoms with E-state index in [1.165, 1.54) is 17.7 Å². The van der Waals surface area contributed by atoms with E-state index in [-0.39, 0.29) is 45.6 Å². The molecule has 1 aliphatic heterocycles. The SMILES string of the molecule is Cc1c(F)c(N2CC3C(N)CC3(C)C2)c(F)c2c1c(=O)c(C(=O)O)cn2C1CC1. The molecule has 3 N–H and O–H groups in total. The lowest BCUT2D eigenvalue weighted by atomic mass is 9.60. The predicted molar refractivity (Wildman–Crippen MR) is 104 cm³/mol. The van der Waals surface area contributed by atoms with E-state index in [4.69, 9.17) is 5.73 Å². The van der Waals surface area contributed by atoms with E-state index in [2.05, 4.69) is 6.92 Å². The van der Waals surface area contributed by atoms with Gasteiger partial charge in [0.1, 0.15) is 11.3 Å². The summed E-state index contributed by atoms with van der Waals surface area (Å²) in [7, 11) is 0. The third-order valence-electron chi connectivity index (χ3n) is 7.13. The van der Waals surface area contributed by atoms with Crippen LogP contribution in [-0.2, 0) is 0 Å². The summed E-state index contributed by atoms with van der Waals surface area (Å²) >= 11 is 0. The number of benzene rings is 1. The number of hydrogen-bond donors (Lipinski definition) is 2. The van der Waals surface area contributed by atoms with Gasteiger partial charge in [-0.2, -0.15) is 0 Å². The van der Waals surface area contributed by atoms with Crippen LogP contribution in [0.2, 0.25) is 0 Å². The Labute approximate surface area is 165 Å². The van der Waals surface area contributed by atoms with Gasteiger partial charge in [-0.1, -0.05) is 6.92 Å². The van der Waals surface area contributed by atoms with Crippen molar-refractivity contribution in [3.63, 3.8) is 0 Å². The minimum Gasteiger partial charge on any atom is -0.477 e. The molecule has 8 heteroatoms. The molecule has 2 heterocycles. The van der Waals surface area contributed by atoms with Crippen molar-refractivity contribution in [3.05, 3.63) is 39.2 Å². The van der Waals surface area contributed by atoms with Crippen LogP contribution in [0.15, 0.2) is 11.0 Å². The van der Waals surface area contributed by atoms with Crippen LogP contribution in [0.25, 0.3) is 10.9 Å². The van der Waals surface area contributed by atoms with Crippen LogP contribution in [0.1, 0.15) is 48.1 Å². The molecule has 3 atom stereocenters. The number of hydrogen-bond acceptors (Lipinski definition) is 4. The number of aromatic carboxylic acids is 1. The highest BCUT2D eigenvalue weighted by Crippen LogP contribution is 2.52. The molecule has 2 aliphatic carbocycles.